The Balaban J connectivity index is 2.51. The Labute approximate surface area is 102 Å². The summed E-state index contributed by atoms with van der Waals surface area (Å²) in [5.74, 6) is -0.746. The summed E-state index contributed by atoms with van der Waals surface area (Å²) < 4.78 is 1.84. The van der Waals surface area contributed by atoms with Gasteiger partial charge in [-0.05, 0) is 27.2 Å². The van der Waals surface area contributed by atoms with E-state index in [1.165, 1.54) is 0 Å². The van der Waals surface area contributed by atoms with Crippen LogP contribution in [0.5, 0.6) is 0 Å². The van der Waals surface area contributed by atoms with Gasteiger partial charge in [0.15, 0.2) is 0 Å². The average Bonchev–Trinajstić information content (AvgIpc) is 2.57. The van der Waals surface area contributed by atoms with Crippen molar-refractivity contribution in [3.05, 3.63) is 17.5 Å². The number of aryl methyl sites for hydroxylation is 1. The number of carboxylic acid groups (broad SMARTS) is 1. The normalized spacial score (nSPS) is 14.6. The highest BCUT2D eigenvalue weighted by molar-refractivity contribution is 5.66. The van der Waals surface area contributed by atoms with E-state index in [0.717, 1.165) is 11.3 Å². The number of carbonyl (C=O) groups is 1. The Morgan fingerprint density at radius 3 is 2.71 bits per heavy atom. The van der Waals surface area contributed by atoms with Crippen molar-refractivity contribution in [2.24, 2.45) is 7.05 Å². The van der Waals surface area contributed by atoms with Gasteiger partial charge in [0.1, 0.15) is 0 Å². The zero-order valence-electron chi connectivity index (χ0n) is 10.9. The molecule has 5 nitrogen and oxygen atoms in total. The molecule has 5 heteroatoms. The molecule has 2 atom stereocenters. The maximum absolute atomic E-state index is 10.5. The van der Waals surface area contributed by atoms with Crippen molar-refractivity contribution < 1.29 is 9.90 Å². The second-order valence-corrected chi connectivity index (χ2v) is 4.53. The molecule has 96 valence electrons. The van der Waals surface area contributed by atoms with Gasteiger partial charge in [0.05, 0.1) is 6.20 Å². The Hall–Kier alpha value is -1.36. The van der Waals surface area contributed by atoms with E-state index in [-0.39, 0.29) is 18.5 Å². The molecular weight excluding hydrogens is 218 g/mol. The molecule has 0 amide bonds. The molecule has 0 fully saturated rings. The largest absolute Gasteiger partial charge is 0.481 e. The smallest absolute Gasteiger partial charge is 0.303 e. The van der Waals surface area contributed by atoms with Crippen LogP contribution in [0.2, 0.25) is 0 Å². The van der Waals surface area contributed by atoms with E-state index in [9.17, 15) is 4.79 Å². The molecule has 0 aliphatic heterocycles. The van der Waals surface area contributed by atoms with Crippen LogP contribution in [-0.4, -0.2) is 26.9 Å². The number of rotatable bonds is 6. The summed E-state index contributed by atoms with van der Waals surface area (Å²) >= 11 is 0. The highest BCUT2D eigenvalue weighted by atomic mass is 16.4. The van der Waals surface area contributed by atoms with Crippen LogP contribution < -0.4 is 5.32 Å². The maximum atomic E-state index is 10.5. The summed E-state index contributed by atoms with van der Waals surface area (Å²) in [5, 5.41) is 16.2. The first kappa shape index (κ1) is 13.7. The van der Waals surface area contributed by atoms with E-state index >= 15 is 0 Å². The van der Waals surface area contributed by atoms with Crippen LogP contribution in [0.1, 0.15) is 44.0 Å². The lowest BCUT2D eigenvalue weighted by atomic mass is 10.1. The molecule has 1 aromatic rings. The van der Waals surface area contributed by atoms with Crippen molar-refractivity contribution >= 4 is 5.97 Å². The first-order chi connectivity index (χ1) is 7.91. The lowest BCUT2D eigenvalue weighted by Crippen LogP contribution is -2.29. The second kappa shape index (κ2) is 5.82. The average molecular weight is 239 g/mol. The van der Waals surface area contributed by atoms with Gasteiger partial charge in [-0.1, -0.05) is 0 Å². The predicted octanol–water partition coefficient (Wildman–Crippen LogP) is 1.63. The summed E-state index contributed by atoms with van der Waals surface area (Å²) in [7, 11) is 1.92. The third-order valence-corrected chi connectivity index (χ3v) is 3.07. The first-order valence-electron chi connectivity index (χ1n) is 5.88. The minimum atomic E-state index is -0.746. The monoisotopic (exact) mass is 239 g/mol. The molecule has 0 aliphatic rings. The molecule has 1 heterocycles. The summed E-state index contributed by atoms with van der Waals surface area (Å²) in [6, 6.07) is 0.369. The van der Waals surface area contributed by atoms with Crippen molar-refractivity contribution in [2.45, 2.75) is 45.7 Å². The molecule has 0 spiro atoms. The minimum Gasteiger partial charge on any atom is -0.481 e. The first-order valence-corrected chi connectivity index (χ1v) is 5.88. The highest BCUT2D eigenvalue weighted by Crippen LogP contribution is 2.17. The van der Waals surface area contributed by atoms with Crippen LogP contribution in [0.3, 0.4) is 0 Å². The molecular formula is C12H21N3O2. The fourth-order valence-corrected chi connectivity index (χ4v) is 1.88. The lowest BCUT2D eigenvalue weighted by molar-refractivity contribution is -0.137. The Kier molecular flexibility index (Phi) is 4.69. The van der Waals surface area contributed by atoms with Crippen LogP contribution in [0.25, 0.3) is 0 Å². The van der Waals surface area contributed by atoms with Crippen molar-refractivity contribution in [1.29, 1.82) is 0 Å². The number of carboxylic acids is 1. The van der Waals surface area contributed by atoms with Crippen molar-refractivity contribution in [2.75, 3.05) is 0 Å². The maximum Gasteiger partial charge on any atom is 0.303 e. The molecule has 0 bridgehead atoms. The van der Waals surface area contributed by atoms with E-state index in [2.05, 4.69) is 17.3 Å². The zero-order chi connectivity index (χ0) is 13.0. The van der Waals surface area contributed by atoms with Gasteiger partial charge < -0.3 is 10.4 Å². The zero-order valence-corrected chi connectivity index (χ0v) is 10.9. The summed E-state index contributed by atoms with van der Waals surface area (Å²) in [6.45, 7) is 6.11. The van der Waals surface area contributed by atoms with E-state index < -0.39 is 5.97 Å². The molecule has 1 aromatic heterocycles. The van der Waals surface area contributed by atoms with Crippen LogP contribution in [-0.2, 0) is 11.8 Å². The third kappa shape index (κ3) is 3.85. The molecule has 2 N–H and O–H groups in total. The van der Waals surface area contributed by atoms with E-state index in [4.69, 9.17) is 5.11 Å². The SMILES string of the molecule is Cc1c(C(C)NC(C)CCC(=O)O)cnn1C. The van der Waals surface area contributed by atoms with Gasteiger partial charge in [0.25, 0.3) is 0 Å². The van der Waals surface area contributed by atoms with Gasteiger partial charge in [0.2, 0.25) is 0 Å². The van der Waals surface area contributed by atoms with Gasteiger partial charge in [0, 0.05) is 36.8 Å². The van der Waals surface area contributed by atoms with Crippen molar-refractivity contribution in [1.82, 2.24) is 15.1 Å². The Bertz CT molecular complexity index is 387. The van der Waals surface area contributed by atoms with Gasteiger partial charge in [-0.15, -0.1) is 0 Å². The summed E-state index contributed by atoms with van der Waals surface area (Å²) in [5.41, 5.74) is 2.30. The fourth-order valence-electron chi connectivity index (χ4n) is 1.88. The molecule has 2 unspecified atom stereocenters. The fraction of sp³-hybridized carbons (Fsp3) is 0.667. The minimum absolute atomic E-state index is 0.181. The lowest BCUT2D eigenvalue weighted by Gasteiger charge is -2.19. The molecule has 0 aromatic carbocycles. The number of nitrogens with zero attached hydrogens (tertiary/aromatic N) is 2. The Morgan fingerprint density at radius 1 is 1.59 bits per heavy atom. The number of aliphatic carboxylic acids is 1. The summed E-state index contributed by atoms with van der Waals surface area (Å²) in [6.07, 6.45) is 2.70. The quantitative estimate of drug-likeness (QED) is 0.791. The van der Waals surface area contributed by atoms with Crippen molar-refractivity contribution in [3.8, 4) is 0 Å². The molecule has 1 rings (SSSR count). The summed E-state index contributed by atoms with van der Waals surface area (Å²) in [4.78, 5) is 10.5. The van der Waals surface area contributed by atoms with E-state index in [1.807, 2.05) is 31.8 Å². The van der Waals surface area contributed by atoms with E-state index in [1.54, 1.807) is 0 Å². The van der Waals surface area contributed by atoms with Gasteiger partial charge in [-0.25, -0.2) is 0 Å². The second-order valence-electron chi connectivity index (χ2n) is 4.53. The third-order valence-electron chi connectivity index (χ3n) is 3.07. The topological polar surface area (TPSA) is 67.2 Å². The molecule has 0 radical (unpaired) electrons. The number of nitrogens with one attached hydrogen (secondary N) is 1. The molecule has 0 saturated carbocycles. The Morgan fingerprint density at radius 2 is 2.24 bits per heavy atom. The van der Waals surface area contributed by atoms with Crippen LogP contribution in [0.15, 0.2) is 6.20 Å². The number of hydrogen-bond donors (Lipinski definition) is 2. The van der Waals surface area contributed by atoms with Gasteiger partial charge in [-0.3, -0.25) is 9.48 Å². The van der Waals surface area contributed by atoms with Gasteiger partial charge >= 0.3 is 5.97 Å². The van der Waals surface area contributed by atoms with E-state index in [0.29, 0.717) is 6.42 Å². The molecule has 0 saturated heterocycles. The molecule has 0 aliphatic carbocycles. The number of hydrogen-bond acceptors (Lipinski definition) is 3. The van der Waals surface area contributed by atoms with Crippen LogP contribution in [0, 0.1) is 6.92 Å². The highest BCUT2D eigenvalue weighted by Gasteiger charge is 2.14. The van der Waals surface area contributed by atoms with Gasteiger partial charge in [-0.2, -0.15) is 5.10 Å². The predicted molar refractivity (Wildman–Crippen MR) is 65.8 cm³/mol. The number of aromatic nitrogens is 2. The van der Waals surface area contributed by atoms with Crippen LogP contribution >= 0.6 is 0 Å². The molecule has 17 heavy (non-hydrogen) atoms. The standard InChI is InChI=1S/C12H21N3O2/c1-8(5-6-12(16)17)14-9(2)11-7-13-15(4)10(11)3/h7-9,14H,5-6H2,1-4H3,(H,16,17). The van der Waals surface area contributed by atoms with Crippen molar-refractivity contribution in [3.63, 3.8) is 0 Å². The van der Waals surface area contributed by atoms with Crippen LogP contribution in [0.4, 0.5) is 0 Å².